The first-order valence-corrected chi connectivity index (χ1v) is 7.67. The lowest BCUT2D eigenvalue weighted by molar-refractivity contribution is -0.130. The van der Waals surface area contributed by atoms with Crippen LogP contribution in [0.5, 0.6) is 0 Å². The number of rotatable bonds is 6. The zero-order valence-electron chi connectivity index (χ0n) is 12.6. The van der Waals surface area contributed by atoms with Gasteiger partial charge in [0, 0.05) is 40.3 Å². The molecule has 0 aromatic heterocycles. The lowest BCUT2D eigenvalue weighted by atomic mass is 10.2. The second-order valence-corrected chi connectivity index (χ2v) is 7.14. The van der Waals surface area contributed by atoms with Crippen LogP contribution in [0.4, 0.5) is 4.39 Å². The normalized spacial score (nSPS) is 12.0. The third kappa shape index (κ3) is 4.48. The molecule has 0 radical (unpaired) electrons. The van der Waals surface area contributed by atoms with E-state index >= 15 is 0 Å². The lowest BCUT2D eigenvalue weighted by Crippen LogP contribution is -2.43. The quantitative estimate of drug-likeness (QED) is 0.768. The zero-order valence-corrected chi connectivity index (χ0v) is 13.4. The fourth-order valence-electron chi connectivity index (χ4n) is 1.64. The van der Waals surface area contributed by atoms with Gasteiger partial charge in [0.05, 0.1) is 6.54 Å². The van der Waals surface area contributed by atoms with Gasteiger partial charge in [0.25, 0.3) is 10.2 Å². The molecule has 0 aliphatic carbocycles. The van der Waals surface area contributed by atoms with Gasteiger partial charge in [0.15, 0.2) is 0 Å². The van der Waals surface area contributed by atoms with Crippen molar-refractivity contribution in [2.45, 2.75) is 6.54 Å². The van der Waals surface area contributed by atoms with Gasteiger partial charge in [0.1, 0.15) is 5.82 Å². The molecule has 0 aliphatic rings. The summed E-state index contributed by atoms with van der Waals surface area (Å²) in [6, 6.07) is 6.15. The molecule has 1 rings (SSSR count). The molecule has 0 aliphatic heterocycles. The van der Waals surface area contributed by atoms with Gasteiger partial charge in [-0.3, -0.25) is 4.79 Å². The molecule has 0 spiro atoms. The summed E-state index contributed by atoms with van der Waals surface area (Å²) in [5.41, 5.74) is 0.381. The van der Waals surface area contributed by atoms with Gasteiger partial charge >= 0.3 is 0 Å². The van der Waals surface area contributed by atoms with E-state index in [-0.39, 0.29) is 13.1 Å². The number of hydrogen-bond donors (Lipinski definition) is 0. The average Bonchev–Trinajstić information content (AvgIpc) is 2.40. The maximum Gasteiger partial charge on any atom is 0.281 e. The predicted molar refractivity (Wildman–Crippen MR) is 78.1 cm³/mol. The highest BCUT2D eigenvalue weighted by Gasteiger charge is 2.24. The molecule has 1 amide bonds. The fraction of sp³-hybridized carbons (Fsp3) is 0.462. The van der Waals surface area contributed by atoms with Crippen LogP contribution in [0.2, 0.25) is 0 Å². The minimum Gasteiger partial charge on any atom is -0.340 e. The smallest absolute Gasteiger partial charge is 0.281 e. The van der Waals surface area contributed by atoms with Crippen LogP contribution in [0, 0.1) is 5.82 Å². The van der Waals surface area contributed by atoms with E-state index in [1.165, 1.54) is 39.2 Å². The monoisotopic (exact) mass is 317 g/mol. The van der Waals surface area contributed by atoms with Gasteiger partial charge in [-0.2, -0.15) is 17.0 Å². The van der Waals surface area contributed by atoms with Crippen LogP contribution in [0.1, 0.15) is 5.56 Å². The van der Waals surface area contributed by atoms with E-state index in [1.807, 2.05) is 0 Å². The maximum absolute atomic E-state index is 13.5. The minimum atomic E-state index is -3.64. The molecule has 0 N–H and O–H groups in total. The van der Waals surface area contributed by atoms with Crippen molar-refractivity contribution >= 4 is 16.1 Å². The average molecular weight is 317 g/mol. The molecule has 8 heteroatoms. The van der Waals surface area contributed by atoms with Gasteiger partial charge in [-0.05, 0) is 6.07 Å². The molecular formula is C13H20FN3O3S. The van der Waals surface area contributed by atoms with Crippen LogP contribution in [0.3, 0.4) is 0 Å². The summed E-state index contributed by atoms with van der Waals surface area (Å²) in [4.78, 5) is 13.3. The first-order valence-electron chi connectivity index (χ1n) is 6.27. The molecule has 21 heavy (non-hydrogen) atoms. The summed E-state index contributed by atoms with van der Waals surface area (Å²) in [5.74, 6) is -0.808. The molecule has 0 saturated carbocycles. The Labute approximate surface area is 124 Å². The SMILES string of the molecule is CN(Cc1ccccc1F)C(=O)CN(C)S(=O)(=O)N(C)C. The molecule has 6 nitrogen and oxygen atoms in total. The maximum atomic E-state index is 13.5. The van der Waals surface area contributed by atoms with Crippen molar-refractivity contribution in [3.05, 3.63) is 35.6 Å². The summed E-state index contributed by atoms with van der Waals surface area (Å²) in [6.45, 7) is -0.215. The van der Waals surface area contributed by atoms with E-state index in [9.17, 15) is 17.6 Å². The van der Waals surface area contributed by atoms with Crippen molar-refractivity contribution in [1.82, 2.24) is 13.5 Å². The largest absolute Gasteiger partial charge is 0.340 e. The Morgan fingerprint density at radius 1 is 1.14 bits per heavy atom. The van der Waals surface area contributed by atoms with Crippen LogP contribution >= 0.6 is 0 Å². The van der Waals surface area contributed by atoms with Crippen molar-refractivity contribution in [1.29, 1.82) is 0 Å². The number of likely N-dealkylation sites (N-methyl/N-ethyl adjacent to an activating group) is 2. The van der Waals surface area contributed by atoms with Gasteiger partial charge < -0.3 is 4.90 Å². The van der Waals surface area contributed by atoms with Crippen LogP contribution in [0.15, 0.2) is 24.3 Å². The lowest BCUT2D eigenvalue weighted by Gasteiger charge is -2.24. The number of nitrogens with zero attached hydrogens (tertiary/aromatic N) is 3. The van der Waals surface area contributed by atoms with Gasteiger partial charge in [-0.15, -0.1) is 0 Å². The Morgan fingerprint density at radius 2 is 1.71 bits per heavy atom. The highest BCUT2D eigenvalue weighted by Crippen LogP contribution is 2.09. The molecular weight excluding hydrogens is 297 g/mol. The summed E-state index contributed by atoms with van der Waals surface area (Å²) < 4.78 is 39.1. The first-order chi connectivity index (χ1) is 9.66. The van der Waals surface area contributed by atoms with E-state index in [1.54, 1.807) is 18.2 Å². The Bertz CT molecular complexity index is 604. The number of amides is 1. The molecule has 1 aromatic rings. The summed E-state index contributed by atoms with van der Waals surface area (Å²) in [6.07, 6.45) is 0. The van der Waals surface area contributed by atoms with Gasteiger partial charge in [0.2, 0.25) is 5.91 Å². The van der Waals surface area contributed by atoms with E-state index < -0.39 is 21.9 Å². The number of carbonyl (C=O) groups is 1. The van der Waals surface area contributed by atoms with E-state index in [0.717, 1.165) is 8.61 Å². The second kappa shape index (κ2) is 6.97. The standard InChI is InChI=1S/C13H20FN3O3S/c1-15(2)21(19,20)17(4)10-13(18)16(3)9-11-7-5-6-8-12(11)14/h5-8H,9-10H2,1-4H3. The summed E-state index contributed by atoms with van der Waals surface area (Å²) in [5, 5.41) is 0. The summed E-state index contributed by atoms with van der Waals surface area (Å²) in [7, 11) is 1.96. The molecule has 0 heterocycles. The van der Waals surface area contributed by atoms with Crippen LogP contribution < -0.4 is 0 Å². The highest BCUT2D eigenvalue weighted by atomic mass is 32.2. The number of halogens is 1. The number of carbonyl (C=O) groups excluding carboxylic acids is 1. The van der Waals surface area contributed by atoms with E-state index in [0.29, 0.717) is 5.56 Å². The van der Waals surface area contributed by atoms with E-state index in [4.69, 9.17) is 0 Å². The fourth-order valence-corrected chi connectivity index (χ4v) is 2.47. The first kappa shape index (κ1) is 17.5. The number of hydrogen-bond acceptors (Lipinski definition) is 3. The van der Waals surface area contributed by atoms with Crippen molar-refractivity contribution in [2.75, 3.05) is 34.7 Å². The third-order valence-electron chi connectivity index (χ3n) is 3.00. The van der Waals surface area contributed by atoms with Gasteiger partial charge in [-0.1, -0.05) is 18.2 Å². The molecule has 0 bridgehead atoms. The molecule has 0 fully saturated rings. The van der Waals surface area contributed by atoms with Crippen molar-refractivity contribution in [3.8, 4) is 0 Å². The van der Waals surface area contributed by atoms with Crippen LogP contribution in [-0.4, -0.2) is 62.6 Å². The third-order valence-corrected chi connectivity index (χ3v) is 4.84. The predicted octanol–water partition coefficient (Wildman–Crippen LogP) is 0.522. The summed E-state index contributed by atoms with van der Waals surface area (Å²) >= 11 is 0. The second-order valence-electron chi connectivity index (χ2n) is 4.89. The van der Waals surface area contributed by atoms with Crippen molar-refractivity contribution < 1.29 is 17.6 Å². The topological polar surface area (TPSA) is 60.9 Å². The molecule has 0 unspecified atom stereocenters. The Balaban J connectivity index is 2.70. The van der Waals surface area contributed by atoms with E-state index in [2.05, 4.69) is 0 Å². The minimum absolute atomic E-state index is 0.0847. The molecule has 0 atom stereocenters. The Kier molecular flexibility index (Phi) is 5.82. The van der Waals surface area contributed by atoms with Crippen molar-refractivity contribution in [2.24, 2.45) is 0 Å². The van der Waals surface area contributed by atoms with Crippen LogP contribution in [0.25, 0.3) is 0 Å². The highest BCUT2D eigenvalue weighted by molar-refractivity contribution is 7.86. The molecule has 1 aromatic carbocycles. The van der Waals surface area contributed by atoms with Crippen molar-refractivity contribution in [3.63, 3.8) is 0 Å². The van der Waals surface area contributed by atoms with Gasteiger partial charge in [-0.25, -0.2) is 4.39 Å². The van der Waals surface area contributed by atoms with Crippen LogP contribution in [-0.2, 0) is 21.5 Å². The molecule has 118 valence electrons. The number of benzene rings is 1. The Hall–Kier alpha value is -1.51. The Morgan fingerprint density at radius 3 is 2.24 bits per heavy atom. The molecule has 0 saturated heterocycles. The zero-order chi connectivity index (χ0) is 16.2.